The van der Waals surface area contributed by atoms with Gasteiger partial charge < -0.3 is 15.7 Å². The molecule has 1 saturated carbocycles. The maximum Gasteiger partial charge on any atom is 0.221 e. The molecule has 3 atom stereocenters. The summed E-state index contributed by atoms with van der Waals surface area (Å²) in [4.78, 5) is 12.0. The van der Waals surface area contributed by atoms with Crippen molar-refractivity contribution in [1.82, 2.24) is 10.6 Å². The number of nitrogens with one attached hydrogen (secondary N) is 2. The summed E-state index contributed by atoms with van der Waals surface area (Å²) in [6.07, 6.45) is 8.86. The first-order valence-corrected chi connectivity index (χ1v) is 7.46. The standard InChI is InChI=1S/C14H26N2O2/c17-13-8-3-1-2-7-12(13)16-14(18)10-11-6-4-5-9-15-11/h11-13,15,17H,1-10H2,(H,16,18). The van der Waals surface area contributed by atoms with E-state index in [0.717, 1.165) is 38.6 Å². The number of aliphatic hydroxyl groups excluding tert-OH is 1. The topological polar surface area (TPSA) is 61.4 Å². The van der Waals surface area contributed by atoms with Gasteiger partial charge >= 0.3 is 0 Å². The van der Waals surface area contributed by atoms with Gasteiger partial charge in [-0.15, -0.1) is 0 Å². The molecule has 1 heterocycles. The molecule has 18 heavy (non-hydrogen) atoms. The maximum absolute atomic E-state index is 12.0. The number of hydrogen-bond donors (Lipinski definition) is 3. The molecule has 4 heteroatoms. The minimum Gasteiger partial charge on any atom is -0.391 e. The third kappa shape index (κ3) is 4.25. The van der Waals surface area contributed by atoms with Crippen LogP contribution in [0, 0.1) is 0 Å². The van der Waals surface area contributed by atoms with Crippen LogP contribution in [-0.4, -0.2) is 35.7 Å². The quantitative estimate of drug-likeness (QED) is 0.666. The molecule has 1 aliphatic heterocycles. The van der Waals surface area contributed by atoms with Crippen LogP contribution in [0.4, 0.5) is 0 Å². The highest BCUT2D eigenvalue weighted by Gasteiger charge is 2.24. The minimum absolute atomic E-state index is 0.0245. The van der Waals surface area contributed by atoms with Gasteiger partial charge in [-0.3, -0.25) is 4.79 Å². The van der Waals surface area contributed by atoms with Gasteiger partial charge in [-0.25, -0.2) is 0 Å². The fourth-order valence-electron chi connectivity index (χ4n) is 3.04. The molecule has 0 aromatic rings. The summed E-state index contributed by atoms with van der Waals surface area (Å²) in [6.45, 7) is 1.03. The van der Waals surface area contributed by atoms with Crippen molar-refractivity contribution in [3.05, 3.63) is 0 Å². The largest absolute Gasteiger partial charge is 0.391 e. The lowest BCUT2D eigenvalue weighted by atomic mass is 10.0. The van der Waals surface area contributed by atoms with E-state index in [4.69, 9.17) is 0 Å². The summed E-state index contributed by atoms with van der Waals surface area (Å²) in [5.41, 5.74) is 0. The Balaban J connectivity index is 1.74. The first-order chi connectivity index (χ1) is 8.75. The SMILES string of the molecule is O=C(CC1CCCCN1)NC1CCCCCC1O. The van der Waals surface area contributed by atoms with Gasteiger partial charge in [0.1, 0.15) is 0 Å². The predicted molar refractivity (Wildman–Crippen MR) is 71.3 cm³/mol. The van der Waals surface area contributed by atoms with Crippen molar-refractivity contribution in [1.29, 1.82) is 0 Å². The molecular weight excluding hydrogens is 228 g/mol. The zero-order chi connectivity index (χ0) is 12.8. The normalized spacial score (nSPS) is 33.7. The summed E-state index contributed by atoms with van der Waals surface area (Å²) in [6, 6.07) is 0.310. The third-order valence-electron chi connectivity index (χ3n) is 4.17. The van der Waals surface area contributed by atoms with Gasteiger partial charge in [0.15, 0.2) is 0 Å². The molecule has 0 aromatic carbocycles. The fraction of sp³-hybridized carbons (Fsp3) is 0.929. The summed E-state index contributed by atoms with van der Waals surface area (Å²) >= 11 is 0. The molecule has 2 rings (SSSR count). The Labute approximate surface area is 110 Å². The van der Waals surface area contributed by atoms with E-state index in [1.165, 1.54) is 19.3 Å². The predicted octanol–water partition coefficient (Wildman–Crippen LogP) is 1.33. The number of rotatable bonds is 3. The molecule has 104 valence electrons. The van der Waals surface area contributed by atoms with Crippen LogP contribution in [0.25, 0.3) is 0 Å². The average Bonchev–Trinajstić information content (AvgIpc) is 2.56. The molecular formula is C14H26N2O2. The van der Waals surface area contributed by atoms with Crippen LogP contribution in [0.1, 0.15) is 57.8 Å². The summed E-state index contributed by atoms with van der Waals surface area (Å²) in [5.74, 6) is 0.0975. The van der Waals surface area contributed by atoms with E-state index in [0.29, 0.717) is 12.5 Å². The highest BCUT2D eigenvalue weighted by molar-refractivity contribution is 5.77. The van der Waals surface area contributed by atoms with Crippen LogP contribution in [0.2, 0.25) is 0 Å². The number of carbonyl (C=O) groups excluding carboxylic acids is 1. The van der Waals surface area contributed by atoms with Crippen molar-refractivity contribution in [2.75, 3.05) is 6.54 Å². The molecule has 1 amide bonds. The Morgan fingerprint density at radius 3 is 2.67 bits per heavy atom. The van der Waals surface area contributed by atoms with Gasteiger partial charge in [0.2, 0.25) is 5.91 Å². The molecule has 1 aliphatic carbocycles. The van der Waals surface area contributed by atoms with Gasteiger partial charge in [-0.05, 0) is 32.2 Å². The van der Waals surface area contributed by atoms with Crippen LogP contribution in [-0.2, 0) is 4.79 Å². The van der Waals surface area contributed by atoms with E-state index in [1.807, 2.05) is 0 Å². The van der Waals surface area contributed by atoms with E-state index < -0.39 is 0 Å². The number of hydrogen-bond acceptors (Lipinski definition) is 3. The minimum atomic E-state index is -0.351. The molecule has 1 saturated heterocycles. The van der Waals surface area contributed by atoms with Crippen molar-refractivity contribution in [3.63, 3.8) is 0 Å². The summed E-state index contributed by atoms with van der Waals surface area (Å²) in [7, 11) is 0. The van der Waals surface area contributed by atoms with Gasteiger partial charge in [0, 0.05) is 12.5 Å². The Bertz CT molecular complexity index is 265. The monoisotopic (exact) mass is 254 g/mol. The molecule has 4 nitrogen and oxygen atoms in total. The first kappa shape index (κ1) is 13.8. The maximum atomic E-state index is 12.0. The second-order valence-corrected chi connectivity index (χ2v) is 5.73. The number of amides is 1. The van der Waals surface area contributed by atoms with Crippen molar-refractivity contribution < 1.29 is 9.90 Å². The zero-order valence-electron chi connectivity index (χ0n) is 11.2. The zero-order valence-corrected chi connectivity index (χ0v) is 11.2. The molecule has 3 unspecified atom stereocenters. The van der Waals surface area contributed by atoms with Crippen molar-refractivity contribution in [3.8, 4) is 0 Å². The lowest BCUT2D eigenvalue weighted by Crippen LogP contribution is -2.45. The highest BCUT2D eigenvalue weighted by atomic mass is 16.3. The highest BCUT2D eigenvalue weighted by Crippen LogP contribution is 2.18. The fourth-order valence-corrected chi connectivity index (χ4v) is 3.04. The number of piperidine rings is 1. The van der Waals surface area contributed by atoms with Gasteiger partial charge in [-0.1, -0.05) is 25.7 Å². The van der Waals surface area contributed by atoms with Gasteiger partial charge in [-0.2, -0.15) is 0 Å². The van der Waals surface area contributed by atoms with Crippen LogP contribution in [0.3, 0.4) is 0 Å². The number of aliphatic hydroxyl groups is 1. The van der Waals surface area contributed by atoms with Crippen LogP contribution < -0.4 is 10.6 Å². The van der Waals surface area contributed by atoms with Gasteiger partial charge in [0.05, 0.1) is 12.1 Å². The van der Waals surface area contributed by atoms with E-state index in [2.05, 4.69) is 10.6 Å². The Morgan fingerprint density at radius 2 is 1.89 bits per heavy atom. The van der Waals surface area contributed by atoms with Crippen molar-refractivity contribution in [2.45, 2.75) is 76.0 Å². The smallest absolute Gasteiger partial charge is 0.221 e. The molecule has 0 aromatic heterocycles. The van der Waals surface area contributed by atoms with E-state index in [-0.39, 0.29) is 18.1 Å². The van der Waals surface area contributed by atoms with Crippen LogP contribution in [0.15, 0.2) is 0 Å². The third-order valence-corrected chi connectivity index (χ3v) is 4.17. The average molecular weight is 254 g/mol. The van der Waals surface area contributed by atoms with Crippen LogP contribution in [0.5, 0.6) is 0 Å². The van der Waals surface area contributed by atoms with E-state index in [9.17, 15) is 9.90 Å². The lowest BCUT2D eigenvalue weighted by molar-refractivity contribution is -0.123. The molecule has 0 radical (unpaired) electrons. The van der Waals surface area contributed by atoms with Gasteiger partial charge in [0.25, 0.3) is 0 Å². The molecule has 2 aliphatic rings. The first-order valence-electron chi connectivity index (χ1n) is 7.46. The second kappa shape index (κ2) is 7.10. The number of carbonyl (C=O) groups is 1. The Kier molecular flexibility index (Phi) is 5.45. The summed E-state index contributed by atoms with van der Waals surface area (Å²) in [5, 5.41) is 16.4. The lowest BCUT2D eigenvalue weighted by Gasteiger charge is -2.26. The van der Waals surface area contributed by atoms with E-state index >= 15 is 0 Å². The summed E-state index contributed by atoms with van der Waals surface area (Å²) < 4.78 is 0. The van der Waals surface area contributed by atoms with E-state index in [1.54, 1.807) is 0 Å². The Hall–Kier alpha value is -0.610. The molecule has 3 N–H and O–H groups in total. The van der Waals surface area contributed by atoms with Crippen LogP contribution >= 0.6 is 0 Å². The Morgan fingerprint density at radius 1 is 1.11 bits per heavy atom. The molecule has 0 spiro atoms. The van der Waals surface area contributed by atoms with Crippen molar-refractivity contribution >= 4 is 5.91 Å². The molecule has 0 bridgehead atoms. The second-order valence-electron chi connectivity index (χ2n) is 5.73. The molecule has 2 fully saturated rings. The van der Waals surface area contributed by atoms with Crippen molar-refractivity contribution in [2.24, 2.45) is 0 Å².